The molecule has 0 saturated heterocycles. The summed E-state index contributed by atoms with van der Waals surface area (Å²) in [6, 6.07) is 8.80. The van der Waals surface area contributed by atoms with E-state index >= 15 is 0 Å². The van der Waals surface area contributed by atoms with Gasteiger partial charge in [-0.15, -0.1) is 0 Å². The van der Waals surface area contributed by atoms with Gasteiger partial charge in [-0.3, -0.25) is 0 Å². The molecule has 2 aromatic rings. The van der Waals surface area contributed by atoms with Crippen molar-refractivity contribution in [2.24, 2.45) is 0 Å². The number of furan rings is 1. The van der Waals surface area contributed by atoms with E-state index in [4.69, 9.17) is 4.42 Å². The van der Waals surface area contributed by atoms with Crippen LogP contribution in [0.5, 0.6) is 0 Å². The second kappa shape index (κ2) is 6.53. The van der Waals surface area contributed by atoms with Crippen molar-refractivity contribution in [3.8, 4) is 0 Å². The van der Waals surface area contributed by atoms with Crippen LogP contribution in [0, 0.1) is 12.7 Å². The van der Waals surface area contributed by atoms with Crippen LogP contribution in [0.25, 0.3) is 0 Å². The minimum absolute atomic E-state index is 0.0942. The van der Waals surface area contributed by atoms with E-state index in [0.717, 1.165) is 36.3 Å². The Morgan fingerprint density at radius 2 is 2.16 bits per heavy atom. The fraction of sp³-hybridized carbons (Fsp3) is 0.375. The summed E-state index contributed by atoms with van der Waals surface area (Å²) in [4.78, 5) is 0. The summed E-state index contributed by atoms with van der Waals surface area (Å²) in [5.74, 6) is 0.751. The quantitative estimate of drug-likeness (QED) is 0.850. The van der Waals surface area contributed by atoms with E-state index in [1.165, 1.54) is 6.07 Å². The maximum absolute atomic E-state index is 13.2. The average molecular weight is 261 g/mol. The third-order valence-corrected chi connectivity index (χ3v) is 3.19. The second-order valence-electron chi connectivity index (χ2n) is 4.81. The molecule has 0 spiro atoms. The number of hydrogen-bond acceptors (Lipinski definition) is 2. The lowest BCUT2D eigenvalue weighted by molar-refractivity contribution is 0.407. The van der Waals surface area contributed by atoms with E-state index in [1.807, 2.05) is 19.1 Å². The van der Waals surface area contributed by atoms with Crippen molar-refractivity contribution in [1.82, 2.24) is 5.32 Å². The number of aryl methyl sites for hydroxylation is 1. The van der Waals surface area contributed by atoms with Gasteiger partial charge in [0.15, 0.2) is 0 Å². The van der Waals surface area contributed by atoms with Gasteiger partial charge >= 0.3 is 0 Å². The molecule has 2 nitrogen and oxygen atoms in total. The Morgan fingerprint density at radius 3 is 2.79 bits per heavy atom. The number of halogens is 1. The molecule has 0 fully saturated rings. The van der Waals surface area contributed by atoms with E-state index < -0.39 is 0 Å². The Labute approximate surface area is 113 Å². The van der Waals surface area contributed by atoms with Crippen molar-refractivity contribution in [2.75, 3.05) is 6.54 Å². The molecule has 1 atom stereocenters. The van der Waals surface area contributed by atoms with Crippen LogP contribution < -0.4 is 5.32 Å². The first-order valence-electron chi connectivity index (χ1n) is 6.72. The Bertz CT molecular complexity index is 521. The molecule has 102 valence electrons. The summed E-state index contributed by atoms with van der Waals surface area (Å²) in [6.07, 6.45) is 3.49. The molecule has 0 amide bonds. The van der Waals surface area contributed by atoms with E-state index in [-0.39, 0.29) is 11.9 Å². The molecular formula is C16H20FNO. The molecule has 1 unspecified atom stereocenters. The van der Waals surface area contributed by atoms with Gasteiger partial charge in [-0.25, -0.2) is 4.39 Å². The zero-order chi connectivity index (χ0) is 13.7. The summed E-state index contributed by atoms with van der Waals surface area (Å²) in [5, 5.41) is 3.46. The van der Waals surface area contributed by atoms with Crippen molar-refractivity contribution in [2.45, 2.75) is 32.7 Å². The molecule has 1 heterocycles. The predicted octanol–water partition coefficient (Wildman–Crippen LogP) is 4.01. The zero-order valence-corrected chi connectivity index (χ0v) is 11.4. The van der Waals surface area contributed by atoms with Gasteiger partial charge in [-0.2, -0.15) is 0 Å². The molecule has 19 heavy (non-hydrogen) atoms. The molecule has 3 heteroatoms. The van der Waals surface area contributed by atoms with Crippen LogP contribution >= 0.6 is 0 Å². The first kappa shape index (κ1) is 13.8. The zero-order valence-electron chi connectivity index (χ0n) is 11.4. The summed E-state index contributed by atoms with van der Waals surface area (Å²) < 4.78 is 18.8. The molecule has 0 aliphatic carbocycles. The van der Waals surface area contributed by atoms with Crippen molar-refractivity contribution in [1.29, 1.82) is 0 Å². The van der Waals surface area contributed by atoms with Crippen molar-refractivity contribution in [3.63, 3.8) is 0 Å². The smallest absolute Gasteiger partial charge is 0.123 e. The van der Waals surface area contributed by atoms with E-state index in [9.17, 15) is 4.39 Å². The van der Waals surface area contributed by atoms with Gasteiger partial charge in [0, 0.05) is 0 Å². The van der Waals surface area contributed by atoms with E-state index in [1.54, 1.807) is 18.4 Å². The monoisotopic (exact) mass is 261 g/mol. The standard InChI is InChI=1S/C16H20FNO/c1-3-8-18-15(16-12(2)7-9-19-16)11-13-5-4-6-14(17)10-13/h4-7,9-10,15,18H,3,8,11H2,1-2H3. The van der Waals surface area contributed by atoms with Crippen LogP contribution in [0.4, 0.5) is 4.39 Å². The van der Waals surface area contributed by atoms with Crippen LogP contribution in [0.15, 0.2) is 41.0 Å². The largest absolute Gasteiger partial charge is 0.467 e. The highest BCUT2D eigenvalue weighted by Crippen LogP contribution is 2.23. The molecular weight excluding hydrogens is 241 g/mol. The van der Waals surface area contributed by atoms with Crippen molar-refractivity contribution in [3.05, 3.63) is 59.3 Å². The van der Waals surface area contributed by atoms with E-state index in [2.05, 4.69) is 12.2 Å². The molecule has 1 aromatic heterocycles. The highest BCUT2D eigenvalue weighted by Gasteiger charge is 2.17. The molecule has 2 rings (SSSR count). The Hall–Kier alpha value is -1.61. The molecule has 0 bridgehead atoms. The van der Waals surface area contributed by atoms with Crippen LogP contribution in [0.2, 0.25) is 0 Å². The highest BCUT2D eigenvalue weighted by atomic mass is 19.1. The lowest BCUT2D eigenvalue weighted by atomic mass is 10.0. The van der Waals surface area contributed by atoms with Gasteiger partial charge in [0.25, 0.3) is 0 Å². The lowest BCUT2D eigenvalue weighted by Gasteiger charge is -2.17. The normalized spacial score (nSPS) is 12.6. The third-order valence-electron chi connectivity index (χ3n) is 3.19. The summed E-state index contributed by atoms with van der Waals surface area (Å²) in [7, 11) is 0. The van der Waals surface area contributed by atoms with Crippen LogP contribution in [-0.4, -0.2) is 6.54 Å². The van der Waals surface area contributed by atoms with Gasteiger partial charge < -0.3 is 9.73 Å². The first-order valence-corrected chi connectivity index (χ1v) is 6.72. The van der Waals surface area contributed by atoms with Gasteiger partial charge in [-0.05, 0) is 55.6 Å². The number of hydrogen-bond donors (Lipinski definition) is 1. The van der Waals surface area contributed by atoms with Crippen LogP contribution in [0.1, 0.15) is 36.3 Å². The topological polar surface area (TPSA) is 25.2 Å². The second-order valence-corrected chi connectivity index (χ2v) is 4.81. The highest BCUT2D eigenvalue weighted by molar-refractivity contribution is 5.23. The summed E-state index contributed by atoms with van der Waals surface area (Å²) in [6.45, 7) is 5.08. The predicted molar refractivity (Wildman–Crippen MR) is 74.6 cm³/mol. The van der Waals surface area contributed by atoms with Crippen LogP contribution in [-0.2, 0) is 6.42 Å². The van der Waals surface area contributed by atoms with E-state index in [0.29, 0.717) is 0 Å². The average Bonchev–Trinajstić information content (AvgIpc) is 2.81. The van der Waals surface area contributed by atoms with Crippen molar-refractivity contribution < 1.29 is 8.81 Å². The van der Waals surface area contributed by atoms with Gasteiger partial charge in [0.05, 0.1) is 12.3 Å². The Balaban J connectivity index is 2.16. The van der Waals surface area contributed by atoms with Crippen molar-refractivity contribution >= 4 is 0 Å². The van der Waals surface area contributed by atoms with Gasteiger partial charge in [0.2, 0.25) is 0 Å². The maximum Gasteiger partial charge on any atom is 0.123 e. The Kier molecular flexibility index (Phi) is 4.74. The van der Waals surface area contributed by atoms with Crippen LogP contribution in [0.3, 0.4) is 0 Å². The third kappa shape index (κ3) is 3.67. The minimum atomic E-state index is -0.192. The minimum Gasteiger partial charge on any atom is -0.467 e. The molecule has 1 N–H and O–H groups in total. The Morgan fingerprint density at radius 1 is 1.32 bits per heavy atom. The number of nitrogens with one attached hydrogen (secondary N) is 1. The fourth-order valence-electron chi connectivity index (χ4n) is 2.22. The maximum atomic E-state index is 13.2. The lowest BCUT2D eigenvalue weighted by Crippen LogP contribution is -2.24. The fourth-order valence-corrected chi connectivity index (χ4v) is 2.22. The van der Waals surface area contributed by atoms with Gasteiger partial charge in [-0.1, -0.05) is 19.1 Å². The molecule has 0 aliphatic rings. The SMILES string of the molecule is CCCNC(Cc1cccc(F)c1)c1occc1C. The molecule has 0 aliphatic heterocycles. The molecule has 0 radical (unpaired) electrons. The number of rotatable bonds is 6. The molecule has 0 saturated carbocycles. The summed E-state index contributed by atoms with van der Waals surface area (Å²) in [5.41, 5.74) is 2.11. The molecule has 1 aromatic carbocycles. The number of benzene rings is 1. The first-order chi connectivity index (χ1) is 9.20. The van der Waals surface area contributed by atoms with Gasteiger partial charge in [0.1, 0.15) is 11.6 Å². The summed E-state index contributed by atoms with van der Waals surface area (Å²) >= 11 is 0.